The highest BCUT2D eigenvalue weighted by Crippen LogP contribution is 2.39. The molecular weight excluding hydrogens is 344 g/mol. The van der Waals surface area contributed by atoms with Crippen LogP contribution >= 0.6 is 11.8 Å². The van der Waals surface area contributed by atoms with Crippen LogP contribution in [-0.2, 0) is 6.42 Å². The monoisotopic (exact) mass is 361 g/mol. The van der Waals surface area contributed by atoms with Gasteiger partial charge in [0.1, 0.15) is 11.6 Å². The number of rotatable bonds is 5. The Morgan fingerprint density at radius 2 is 2.08 bits per heavy atom. The smallest absolute Gasteiger partial charge is 0.203 e. The van der Waals surface area contributed by atoms with E-state index in [2.05, 4.69) is 20.5 Å². The van der Waals surface area contributed by atoms with Crippen LogP contribution in [0, 0.1) is 11.6 Å². The van der Waals surface area contributed by atoms with Crippen LogP contribution < -0.4 is 5.32 Å². The Balaban J connectivity index is 1.52. The Morgan fingerprint density at radius 1 is 1.24 bits per heavy atom. The standard InChI is InChI=1S/C17H17F2N5S/c18-12-3-1-4-13(19)11(12)6-7-20-15-17-23-22-16(14-5-2-10-25-14)24(17)9-8-21-15/h1,3-4,8-9,14H,2,5-7,10H2,(H,20,21)/t14-/m0/s1. The summed E-state index contributed by atoms with van der Waals surface area (Å²) >= 11 is 1.89. The highest BCUT2D eigenvalue weighted by atomic mass is 32.2. The molecule has 5 nitrogen and oxygen atoms in total. The number of benzene rings is 1. The Labute approximate surface area is 147 Å². The molecule has 1 aliphatic heterocycles. The lowest BCUT2D eigenvalue weighted by Gasteiger charge is -2.09. The van der Waals surface area contributed by atoms with Crippen molar-refractivity contribution in [2.45, 2.75) is 24.5 Å². The van der Waals surface area contributed by atoms with Crippen molar-refractivity contribution in [3.63, 3.8) is 0 Å². The number of fused-ring (bicyclic) bond motifs is 1. The first-order chi connectivity index (χ1) is 12.2. The highest BCUT2D eigenvalue weighted by molar-refractivity contribution is 7.99. The minimum Gasteiger partial charge on any atom is -0.367 e. The van der Waals surface area contributed by atoms with Gasteiger partial charge in [0.05, 0.1) is 5.25 Å². The van der Waals surface area contributed by atoms with Gasteiger partial charge in [-0.2, -0.15) is 11.8 Å². The van der Waals surface area contributed by atoms with Gasteiger partial charge in [-0.1, -0.05) is 6.07 Å². The largest absolute Gasteiger partial charge is 0.367 e. The van der Waals surface area contributed by atoms with Gasteiger partial charge in [-0.15, -0.1) is 10.2 Å². The van der Waals surface area contributed by atoms with Crippen LogP contribution in [0.2, 0.25) is 0 Å². The summed E-state index contributed by atoms with van der Waals surface area (Å²) in [6, 6.07) is 3.89. The first-order valence-corrected chi connectivity index (χ1v) is 9.27. The van der Waals surface area contributed by atoms with Gasteiger partial charge in [-0.25, -0.2) is 13.8 Å². The summed E-state index contributed by atoms with van der Waals surface area (Å²) in [5, 5.41) is 12.1. The highest BCUT2D eigenvalue weighted by Gasteiger charge is 2.23. The Hall–Kier alpha value is -2.22. The molecule has 1 aliphatic rings. The van der Waals surface area contributed by atoms with Crippen molar-refractivity contribution in [1.29, 1.82) is 0 Å². The van der Waals surface area contributed by atoms with E-state index in [1.165, 1.54) is 24.6 Å². The van der Waals surface area contributed by atoms with Crippen molar-refractivity contribution in [3.05, 3.63) is 53.6 Å². The predicted molar refractivity (Wildman–Crippen MR) is 93.8 cm³/mol. The maximum absolute atomic E-state index is 13.7. The van der Waals surface area contributed by atoms with Crippen LogP contribution in [0.1, 0.15) is 29.5 Å². The molecule has 0 saturated carbocycles. The van der Waals surface area contributed by atoms with Gasteiger partial charge < -0.3 is 5.32 Å². The summed E-state index contributed by atoms with van der Waals surface area (Å²) in [6.45, 7) is 0.352. The second-order valence-corrected chi connectivity index (χ2v) is 7.22. The van der Waals surface area contributed by atoms with Crippen molar-refractivity contribution in [3.8, 4) is 0 Å². The molecule has 130 valence electrons. The Morgan fingerprint density at radius 3 is 2.84 bits per heavy atom. The quantitative estimate of drug-likeness (QED) is 0.752. The molecule has 4 rings (SSSR count). The predicted octanol–water partition coefficient (Wildman–Crippen LogP) is 3.63. The molecule has 3 aromatic rings. The number of nitrogens with zero attached hydrogens (tertiary/aromatic N) is 4. The zero-order chi connectivity index (χ0) is 17.2. The fourth-order valence-electron chi connectivity index (χ4n) is 3.05. The van der Waals surface area contributed by atoms with Gasteiger partial charge in [-0.05, 0) is 37.1 Å². The van der Waals surface area contributed by atoms with Crippen LogP contribution in [0.15, 0.2) is 30.6 Å². The van der Waals surface area contributed by atoms with E-state index in [0.29, 0.717) is 23.3 Å². The van der Waals surface area contributed by atoms with Crippen molar-refractivity contribution >= 4 is 23.2 Å². The lowest BCUT2D eigenvalue weighted by molar-refractivity contribution is 0.557. The molecule has 0 bridgehead atoms. The second kappa shape index (κ2) is 6.95. The average molecular weight is 361 g/mol. The van der Waals surface area contributed by atoms with Gasteiger partial charge in [0, 0.05) is 24.5 Å². The van der Waals surface area contributed by atoms with Gasteiger partial charge in [-0.3, -0.25) is 4.40 Å². The van der Waals surface area contributed by atoms with Crippen LogP contribution in [-0.4, -0.2) is 31.9 Å². The molecule has 0 aliphatic carbocycles. The molecule has 0 unspecified atom stereocenters. The number of hydrogen-bond acceptors (Lipinski definition) is 5. The van der Waals surface area contributed by atoms with E-state index in [4.69, 9.17) is 0 Å². The first kappa shape index (κ1) is 16.3. The average Bonchev–Trinajstić information content (AvgIpc) is 3.26. The van der Waals surface area contributed by atoms with Crippen molar-refractivity contribution in [2.24, 2.45) is 0 Å². The van der Waals surface area contributed by atoms with Gasteiger partial charge in [0.15, 0.2) is 11.6 Å². The molecule has 8 heteroatoms. The first-order valence-electron chi connectivity index (χ1n) is 8.22. The number of anilines is 1. The topological polar surface area (TPSA) is 55.1 Å². The lowest BCUT2D eigenvalue weighted by atomic mass is 10.1. The van der Waals surface area contributed by atoms with E-state index in [0.717, 1.165) is 18.0 Å². The number of halogens is 2. The number of aromatic nitrogens is 4. The van der Waals surface area contributed by atoms with Gasteiger partial charge >= 0.3 is 0 Å². The van der Waals surface area contributed by atoms with E-state index < -0.39 is 11.6 Å². The van der Waals surface area contributed by atoms with Crippen molar-refractivity contribution in [2.75, 3.05) is 17.6 Å². The zero-order valence-electron chi connectivity index (χ0n) is 13.5. The van der Waals surface area contributed by atoms with E-state index in [-0.39, 0.29) is 12.0 Å². The molecule has 0 radical (unpaired) electrons. The summed E-state index contributed by atoms with van der Waals surface area (Å²) < 4.78 is 29.3. The third kappa shape index (κ3) is 3.18. The maximum atomic E-state index is 13.7. The summed E-state index contributed by atoms with van der Waals surface area (Å²) in [7, 11) is 0. The van der Waals surface area contributed by atoms with E-state index in [9.17, 15) is 8.78 Å². The summed E-state index contributed by atoms with van der Waals surface area (Å²) in [6.07, 6.45) is 6.05. The Bertz CT molecular complexity index is 872. The van der Waals surface area contributed by atoms with Crippen molar-refractivity contribution in [1.82, 2.24) is 19.6 Å². The Kier molecular flexibility index (Phi) is 4.52. The van der Waals surface area contributed by atoms with Gasteiger partial charge in [0.2, 0.25) is 5.65 Å². The van der Waals surface area contributed by atoms with Gasteiger partial charge in [0.25, 0.3) is 0 Å². The lowest BCUT2D eigenvalue weighted by Crippen LogP contribution is -2.10. The van der Waals surface area contributed by atoms with E-state index in [1.807, 2.05) is 22.4 Å². The third-order valence-electron chi connectivity index (χ3n) is 4.30. The molecule has 1 aromatic carbocycles. The fraction of sp³-hybridized carbons (Fsp3) is 0.353. The SMILES string of the molecule is Fc1cccc(F)c1CCNc1nccn2c([C@@H]3CCCS3)nnc12. The molecule has 0 amide bonds. The molecule has 25 heavy (non-hydrogen) atoms. The normalized spacial score (nSPS) is 17.3. The van der Waals surface area contributed by atoms with Crippen LogP contribution in [0.5, 0.6) is 0 Å². The summed E-state index contributed by atoms with van der Waals surface area (Å²) in [5.74, 6) is 1.58. The number of hydrogen-bond donors (Lipinski definition) is 1. The van der Waals surface area contributed by atoms with Crippen LogP contribution in [0.25, 0.3) is 5.65 Å². The summed E-state index contributed by atoms with van der Waals surface area (Å²) in [5.41, 5.74) is 0.713. The molecule has 3 heterocycles. The van der Waals surface area contributed by atoms with E-state index >= 15 is 0 Å². The molecular formula is C17H17F2N5S. The van der Waals surface area contributed by atoms with E-state index in [1.54, 1.807) is 6.20 Å². The second-order valence-electron chi connectivity index (χ2n) is 5.91. The molecule has 2 aromatic heterocycles. The van der Waals surface area contributed by atoms with Crippen molar-refractivity contribution < 1.29 is 8.78 Å². The number of nitrogens with one attached hydrogen (secondary N) is 1. The molecule has 1 fully saturated rings. The summed E-state index contributed by atoms with van der Waals surface area (Å²) in [4.78, 5) is 4.29. The third-order valence-corrected chi connectivity index (χ3v) is 5.67. The van der Waals surface area contributed by atoms with Crippen LogP contribution in [0.3, 0.4) is 0 Å². The minimum atomic E-state index is -0.531. The minimum absolute atomic E-state index is 0.0754. The molecule has 1 saturated heterocycles. The fourth-order valence-corrected chi connectivity index (χ4v) is 4.31. The zero-order valence-corrected chi connectivity index (χ0v) is 14.3. The number of thioether (sulfide) groups is 1. The molecule has 1 atom stereocenters. The maximum Gasteiger partial charge on any atom is 0.203 e. The molecule has 1 N–H and O–H groups in total. The van der Waals surface area contributed by atoms with Crippen LogP contribution in [0.4, 0.5) is 14.6 Å². The molecule has 0 spiro atoms.